The lowest BCUT2D eigenvalue weighted by molar-refractivity contribution is -0.152. The van der Waals surface area contributed by atoms with Crippen molar-refractivity contribution in [1.82, 2.24) is 4.90 Å². The molecular formula is C18H23NO5. The topological polar surface area (TPSA) is 76.1 Å². The summed E-state index contributed by atoms with van der Waals surface area (Å²) in [7, 11) is 0. The number of ether oxygens (including phenoxy) is 2. The number of aliphatic hydroxyl groups is 1. The highest BCUT2D eigenvalue weighted by Gasteiger charge is 2.36. The standard InChI is InChI=1S/C18H23NO5/c20-11-13-5-7-14(8-6-13)18(22)24-12-17(21)19-9-10-23-16-4-2-1-3-15(16)19/h5-8,15-16,20H,1-4,9-12H2/t15-,16-/m1/s1. The van der Waals surface area contributed by atoms with E-state index in [1.807, 2.05) is 4.90 Å². The summed E-state index contributed by atoms with van der Waals surface area (Å²) in [6, 6.07) is 6.61. The Labute approximate surface area is 141 Å². The molecule has 2 fully saturated rings. The second kappa shape index (κ2) is 7.77. The number of amides is 1. The SMILES string of the molecule is O=C(OCC(=O)N1CCO[C@@H]2CCCC[C@H]21)c1ccc(CO)cc1. The lowest BCUT2D eigenvalue weighted by Gasteiger charge is -2.43. The molecule has 1 aromatic carbocycles. The average molecular weight is 333 g/mol. The van der Waals surface area contributed by atoms with Gasteiger partial charge in [0.25, 0.3) is 5.91 Å². The van der Waals surface area contributed by atoms with Crippen LogP contribution in [0, 0.1) is 0 Å². The zero-order valence-electron chi connectivity index (χ0n) is 13.6. The van der Waals surface area contributed by atoms with E-state index in [0.29, 0.717) is 18.7 Å². The summed E-state index contributed by atoms with van der Waals surface area (Å²) in [4.78, 5) is 26.3. The molecule has 130 valence electrons. The van der Waals surface area contributed by atoms with Gasteiger partial charge in [-0.25, -0.2) is 4.79 Å². The smallest absolute Gasteiger partial charge is 0.338 e. The van der Waals surface area contributed by atoms with Crippen molar-refractivity contribution < 1.29 is 24.2 Å². The van der Waals surface area contributed by atoms with Gasteiger partial charge in [0.1, 0.15) is 0 Å². The average Bonchev–Trinajstić information content (AvgIpc) is 2.65. The normalized spacial score (nSPS) is 23.5. The Morgan fingerprint density at radius 1 is 1.21 bits per heavy atom. The van der Waals surface area contributed by atoms with E-state index in [-0.39, 0.29) is 31.3 Å². The van der Waals surface area contributed by atoms with Crippen LogP contribution in [0.5, 0.6) is 0 Å². The highest BCUT2D eigenvalue weighted by molar-refractivity contribution is 5.91. The van der Waals surface area contributed by atoms with E-state index in [4.69, 9.17) is 14.6 Å². The Morgan fingerprint density at radius 3 is 2.71 bits per heavy atom. The first-order valence-electron chi connectivity index (χ1n) is 8.47. The van der Waals surface area contributed by atoms with Crippen LogP contribution in [0.2, 0.25) is 0 Å². The van der Waals surface area contributed by atoms with Crippen molar-refractivity contribution in [2.24, 2.45) is 0 Å². The van der Waals surface area contributed by atoms with Crippen LogP contribution in [0.4, 0.5) is 0 Å². The molecule has 3 rings (SSSR count). The van der Waals surface area contributed by atoms with E-state index < -0.39 is 5.97 Å². The molecule has 1 aliphatic heterocycles. The summed E-state index contributed by atoms with van der Waals surface area (Å²) in [5, 5.41) is 9.01. The van der Waals surface area contributed by atoms with E-state index >= 15 is 0 Å². The van der Waals surface area contributed by atoms with Crippen LogP contribution in [0.3, 0.4) is 0 Å². The Bertz CT molecular complexity index is 584. The molecule has 6 heteroatoms. The van der Waals surface area contributed by atoms with Crippen molar-refractivity contribution in [1.29, 1.82) is 0 Å². The first-order chi connectivity index (χ1) is 11.7. The molecule has 1 saturated heterocycles. The maximum atomic E-state index is 12.4. The molecule has 0 aromatic heterocycles. The number of hydrogen-bond acceptors (Lipinski definition) is 5. The molecule has 6 nitrogen and oxygen atoms in total. The number of aliphatic hydroxyl groups excluding tert-OH is 1. The van der Waals surface area contributed by atoms with Crippen LogP contribution in [-0.4, -0.2) is 53.8 Å². The third-order valence-corrected chi connectivity index (χ3v) is 4.75. The Morgan fingerprint density at radius 2 is 1.96 bits per heavy atom. The van der Waals surface area contributed by atoms with E-state index in [1.54, 1.807) is 24.3 Å². The van der Waals surface area contributed by atoms with E-state index in [1.165, 1.54) is 0 Å². The molecule has 1 amide bonds. The molecular weight excluding hydrogens is 310 g/mol. The van der Waals surface area contributed by atoms with E-state index in [0.717, 1.165) is 31.2 Å². The predicted octanol–water partition coefficient (Wildman–Crippen LogP) is 1.51. The number of morpholine rings is 1. The Kier molecular flexibility index (Phi) is 5.48. The minimum absolute atomic E-state index is 0.0760. The maximum absolute atomic E-state index is 12.4. The molecule has 1 saturated carbocycles. The van der Waals surface area contributed by atoms with Crippen LogP contribution in [0.15, 0.2) is 24.3 Å². The molecule has 2 aliphatic rings. The minimum atomic E-state index is -0.527. The fraction of sp³-hybridized carbons (Fsp3) is 0.556. The second-order valence-corrected chi connectivity index (χ2v) is 6.28. The fourth-order valence-electron chi connectivity index (χ4n) is 3.45. The summed E-state index contributed by atoms with van der Waals surface area (Å²) in [6.07, 6.45) is 4.31. The van der Waals surface area contributed by atoms with Gasteiger partial charge < -0.3 is 19.5 Å². The van der Waals surface area contributed by atoms with Crippen LogP contribution in [-0.2, 0) is 20.9 Å². The van der Waals surface area contributed by atoms with Crippen molar-refractivity contribution in [3.8, 4) is 0 Å². The maximum Gasteiger partial charge on any atom is 0.338 e. The summed E-state index contributed by atoms with van der Waals surface area (Å²) in [5.41, 5.74) is 1.09. The number of benzene rings is 1. The lowest BCUT2D eigenvalue weighted by atomic mass is 9.90. The summed E-state index contributed by atoms with van der Waals surface area (Å²) in [6.45, 7) is 0.781. The third kappa shape index (κ3) is 3.76. The van der Waals surface area contributed by atoms with Crippen molar-refractivity contribution in [3.63, 3.8) is 0 Å². The zero-order chi connectivity index (χ0) is 16.9. The van der Waals surface area contributed by atoms with Crippen molar-refractivity contribution in [3.05, 3.63) is 35.4 Å². The predicted molar refractivity (Wildman–Crippen MR) is 86.4 cm³/mol. The van der Waals surface area contributed by atoms with Crippen molar-refractivity contribution in [2.75, 3.05) is 19.8 Å². The fourth-order valence-corrected chi connectivity index (χ4v) is 3.45. The van der Waals surface area contributed by atoms with Gasteiger partial charge in [-0.3, -0.25) is 4.79 Å². The van der Waals surface area contributed by atoms with Gasteiger partial charge in [0, 0.05) is 6.54 Å². The molecule has 1 heterocycles. The van der Waals surface area contributed by atoms with Gasteiger partial charge >= 0.3 is 5.97 Å². The first-order valence-corrected chi connectivity index (χ1v) is 8.47. The van der Waals surface area contributed by atoms with Gasteiger partial charge in [-0.05, 0) is 30.5 Å². The molecule has 1 aliphatic carbocycles. The summed E-state index contributed by atoms with van der Waals surface area (Å²) >= 11 is 0. The number of carbonyl (C=O) groups excluding carboxylic acids is 2. The van der Waals surface area contributed by atoms with Gasteiger partial charge in [-0.1, -0.05) is 25.0 Å². The molecule has 0 bridgehead atoms. The quantitative estimate of drug-likeness (QED) is 0.845. The molecule has 0 spiro atoms. The van der Waals surface area contributed by atoms with Gasteiger partial charge in [-0.2, -0.15) is 0 Å². The number of esters is 1. The van der Waals surface area contributed by atoms with Gasteiger partial charge in [0.05, 0.1) is 30.9 Å². The van der Waals surface area contributed by atoms with Crippen LogP contribution < -0.4 is 0 Å². The summed E-state index contributed by atoms with van der Waals surface area (Å²) < 4.78 is 10.9. The molecule has 0 radical (unpaired) electrons. The monoisotopic (exact) mass is 333 g/mol. The molecule has 1 N–H and O–H groups in total. The minimum Gasteiger partial charge on any atom is -0.452 e. The molecule has 2 atom stereocenters. The van der Waals surface area contributed by atoms with Crippen LogP contribution in [0.1, 0.15) is 41.6 Å². The van der Waals surface area contributed by atoms with Crippen molar-refractivity contribution in [2.45, 2.75) is 44.4 Å². The molecule has 1 aromatic rings. The highest BCUT2D eigenvalue weighted by Crippen LogP contribution is 2.28. The number of carbonyl (C=O) groups is 2. The van der Waals surface area contributed by atoms with Crippen LogP contribution in [0.25, 0.3) is 0 Å². The summed E-state index contributed by atoms with van der Waals surface area (Å²) in [5.74, 6) is -0.683. The second-order valence-electron chi connectivity index (χ2n) is 6.28. The van der Waals surface area contributed by atoms with Gasteiger partial charge in [0.15, 0.2) is 6.61 Å². The van der Waals surface area contributed by atoms with Gasteiger partial charge in [-0.15, -0.1) is 0 Å². The lowest BCUT2D eigenvalue weighted by Crippen LogP contribution is -2.55. The Balaban J connectivity index is 1.55. The Hall–Kier alpha value is -1.92. The number of nitrogens with zero attached hydrogens (tertiary/aromatic N) is 1. The third-order valence-electron chi connectivity index (χ3n) is 4.75. The van der Waals surface area contributed by atoms with Crippen LogP contribution >= 0.6 is 0 Å². The number of rotatable bonds is 4. The largest absolute Gasteiger partial charge is 0.452 e. The van der Waals surface area contributed by atoms with Gasteiger partial charge in [0.2, 0.25) is 0 Å². The number of fused-ring (bicyclic) bond motifs is 1. The number of hydrogen-bond donors (Lipinski definition) is 1. The first kappa shape index (κ1) is 16.9. The molecule has 0 unspecified atom stereocenters. The molecule has 24 heavy (non-hydrogen) atoms. The van der Waals surface area contributed by atoms with E-state index in [2.05, 4.69) is 0 Å². The van der Waals surface area contributed by atoms with Crippen molar-refractivity contribution >= 4 is 11.9 Å². The highest BCUT2D eigenvalue weighted by atomic mass is 16.5. The van der Waals surface area contributed by atoms with E-state index in [9.17, 15) is 9.59 Å². The zero-order valence-corrected chi connectivity index (χ0v) is 13.6.